The Morgan fingerprint density at radius 2 is 2.16 bits per heavy atom. The third-order valence-electron chi connectivity index (χ3n) is 3.04. The van der Waals surface area contributed by atoms with Crippen LogP contribution in [0, 0.1) is 4.77 Å². The zero-order chi connectivity index (χ0) is 13.2. The summed E-state index contributed by atoms with van der Waals surface area (Å²) in [7, 11) is 1.65. The average Bonchev–Trinajstić information content (AvgIpc) is 2.76. The number of methoxy groups -OCH3 is 1. The van der Waals surface area contributed by atoms with Crippen LogP contribution >= 0.6 is 12.2 Å². The molecule has 0 bridgehead atoms. The van der Waals surface area contributed by atoms with Crippen LogP contribution in [0.1, 0.15) is 5.69 Å². The van der Waals surface area contributed by atoms with Crippen molar-refractivity contribution in [1.29, 1.82) is 0 Å². The van der Waals surface area contributed by atoms with Crippen LogP contribution < -0.4 is 4.74 Å². The molecule has 0 aliphatic rings. The number of H-pyrrole nitrogens is 1. The summed E-state index contributed by atoms with van der Waals surface area (Å²) in [6.07, 6.45) is 1.79. The maximum Gasteiger partial charge on any atom is 0.178 e. The topological polar surface area (TPSA) is 42.8 Å². The Bertz CT molecular complexity index is 761. The first-order valence-corrected chi connectivity index (χ1v) is 6.36. The van der Waals surface area contributed by atoms with Gasteiger partial charge in [0.25, 0.3) is 0 Å². The predicted molar refractivity (Wildman–Crippen MR) is 77.0 cm³/mol. The van der Waals surface area contributed by atoms with Crippen LogP contribution in [0.25, 0.3) is 11.0 Å². The Hall–Kier alpha value is -2.14. The number of aromatic nitrogens is 3. The molecule has 0 aliphatic carbocycles. The lowest BCUT2D eigenvalue weighted by atomic mass is 10.3. The van der Waals surface area contributed by atoms with E-state index in [0.29, 0.717) is 11.3 Å². The fourth-order valence-electron chi connectivity index (χ4n) is 2.13. The second-order valence-electron chi connectivity index (χ2n) is 4.19. The molecule has 3 rings (SSSR count). The molecule has 0 unspecified atom stereocenters. The Kier molecular flexibility index (Phi) is 3.05. The minimum absolute atomic E-state index is 0.646. The molecule has 1 N–H and O–H groups in total. The van der Waals surface area contributed by atoms with Gasteiger partial charge in [-0.1, -0.05) is 12.1 Å². The van der Waals surface area contributed by atoms with Gasteiger partial charge in [0.15, 0.2) is 4.77 Å². The van der Waals surface area contributed by atoms with Crippen molar-refractivity contribution in [1.82, 2.24) is 14.5 Å². The molecule has 0 saturated carbocycles. The summed E-state index contributed by atoms with van der Waals surface area (Å²) in [4.78, 5) is 7.52. The number of fused-ring (bicyclic) bond motifs is 1. The second-order valence-corrected chi connectivity index (χ2v) is 4.58. The highest BCUT2D eigenvalue weighted by molar-refractivity contribution is 7.71. The van der Waals surface area contributed by atoms with Gasteiger partial charge >= 0.3 is 0 Å². The first-order chi connectivity index (χ1) is 9.29. The summed E-state index contributed by atoms with van der Waals surface area (Å²) in [6, 6.07) is 11.8. The summed E-state index contributed by atoms with van der Waals surface area (Å²) in [5.41, 5.74) is 2.92. The van der Waals surface area contributed by atoms with Gasteiger partial charge in [-0.15, -0.1) is 0 Å². The van der Waals surface area contributed by atoms with Crippen LogP contribution in [-0.4, -0.2) is 21.6 Å². The largest absolute Gasteiger partial charge is 0.494 e. The molecule has 96 valence electrons. The number of benzene rings is 1. The van der Waals surface area contributed by atoms with Crippen molar-refractivity contribution >= 4 is 23.3 Å². The second kappa shape index (κ2) is 4.85. The fraction of sp³-hybridized carbons (Fsp3) is 0.143. The van der Waals surface area contributed by atoms with E-state index in [1.165, 1.54) is 0 Å². The molecule has 5 heteroatoms. The van der Waals surface area contributed by atoms with Gasteiger partial charge < -0.3 is 14.3 Å². The molecule has 1 aromatic carbocycles. The molecule has 2 heterocycles. The number of pyridine rings is 1. The highest BCUT2D eigenvalue weighted by Gasteiger charge is 2.09. The molecular formula is C14H13N3OS. The summed E-state index contributed by atoms with van der Waals surface area (Å²) in [5.74, 6) is 0.795. The van der Waals surface area contributed by atoms with E-state index in [1.807, 2.05) is 41.0 Å². The van der Waals surface area contributed by atoms with Gasteiger partial charge in [-0.3, -0.25) is 4.98 Å². The lowest BCUT2D eigenvalue weighted by Gasteiger charge is -2.05. The molecule has 0 atom stereocenters. The molecule has 0 radical (unpaired) electrons. The third-order valence-corrected chi connectivity index (χ3v) is 3.36. The molecule has 3 aromatic rings. The third kappa shape index (κ3) is 2.13. The van der Waals surface area contributed by atoms with Crippen molar-refractivity contribution in [3.8, 4) is 5.75 Å². The Labute approximate surface area is 115 Å². The van der Waals surface area contributed by atoms with Crippen molar-refractivity contribution in [3.63, 3.8) is 0 Å². The van der Waals surface area contributed by atoms with Gasteiger partial charge in [-0.2, -0.15) is 0 Å². The van der Waals surface area contributed by atoms with Gasteiger partial charge in [0.05, 0.1) is 24.9 Å². The number of hydrogen-bond donors (Lipinski definition) is 1. The minimum atomic E-state index is 0.646. The number of nitrogens with one attached hydrogen (secondary N) is 1. The first kappa shape index (κ1) is 11.9. The van der Waals surface area contributed by atoms with Crippen LogP contribution in [0.15, 0.2) is 42.6 Å². The van der Waals surface area contributed by atoms with E-state index in [-0.39, 0.29) is 0 Å². The van der Waals surface area contributed by atoms with E-state index in [0.717, 1.165) is 22.5 Å². The summed E-state index contributed by atoms with van der Waals surface area (Å²) < 4.78 is 8.03. The zero-order valence-electron chi connectivity index (χ0n) is 10.5. The standard InChI is InChI=1S/C14H13N3OS/c1-18-12-7-4-6-11-13(12)16-14(19)17(11)9-10-5-2-3-8-15-10/h2-8H,9H2,1H3,(H,16,19). The summed E-state index contributed by atoms with van der Waals surface area (Å²) in [5, 5.41) is 0. The quantitative estimate of drug-likeness (QED) is 0.744. The number of ether oxygens (including phenoxy) is 1. The van der Waals surface area contributed by atoms with E-state index in [1.54, 1.807) is 13.3 Å². The number of imidazole rings is 1. The Morgan fingerprint density at radius 1 is 1.26 bits per heavy atom. The number of aromatic amines is 1. The molecular weight excluding hydrogens is 258 g/mol. The molecule has 0 fully saturated rings. The SMILES string of the molecule is COc1cccc2c1[nH]c(=S)n2Cc1ccccn1. The maximum atomic E-state index is 5.38. The predicted octanol–water partition coefficient (Wildman–Crippen LogP) is 3.15. The van der Waals surface area contributed by atoms with Gasteiger partial charge in [0, 0.05) is 6.20 Å². The van der Waals surface area contributed by atoms with Crippen molar-refractivity contribution in [2.45, 2.75) is 6.54 Å². The van der Waals surface area contributed by atoms with Crippen molar-refractivity contribution in [2.24, 2.45) is 0 Å². The van der Waals surface area contributed by atoms with E-state index in [9.17, 15) is 0 Å². The highest BCUT2D eigenvalue weighted by atomic mass is 32.1. The average molecular weight is 271 g/mol. The highest BCUT2D eigenvalue weighted by Crippen LogP contribution is 2.24. The van der Waals surface area contributed by atoms with Crippen LogP contribution in [0.4, 0.5) is 0 Å². The Morgan fingerprint density at radius 3 is 2.89 bits per heavy atom. The van der Waals surface area contributed by atoms with E-state index in [4.69, 9.17) is 17.0 Å². The van der Waals surface area contributed by atoms with E-state index in [2.05, 4.69) is 9.97 Å². The molecule has 2 aromatic heterocycles. The lowest BCUT2D eigenvalue weighted by Crippen LogP contribution is -2.01. The van der Waals surface area contributed by atoms with Gasteiger partial charge in [-0.25, -0.2) is 0 Å². The molecule has 0 spiro atoms. The summed E-state index contributed by atoms with van der Waals surface area (Å²) in [6.45, 7) is 0.646. The Balaban J connectivity index is 2.14. The fourth-order valence-corrected chi connectivity index (χ4v) is 2.40. The first-order valence-electron chi connectivity index (χ1n) is 5.95. The van der Waals surface area contributed by atoms with Crippen LogP contribution in [-0.2, 0) is 6.54 Å². The van der Waals surface area contributed by atoms with E-state index < -0.39 is 0 Å². The molecule has 0 saturated heterocycles. The zero-order valence-corrected chi connectivity index (χ0v) is 11.3. The number of hydrogen-bond acceptors (Lipinski definition) is 3. The van der Waals surface area contributed by atoms with Gasteiger partial charge in [0.1, 0.15) is 11.3 Å². The normalized spacial score (nSPS) is 10.8. The van der Waals surface area contributed by atoms with Gasteiger partial charge in [0.2, 0.25) is 0 Å². The van der Waals surface area contributed by atoms with Crippen molar-refractivity contribution in [2.75, 3.05) is 7.11 Å². The van der Waals surface area contributed by atoms with Crippen LogP contribution in [0.2, 0.25) is 0 Å². The van der Waals surface area contributed by atoms with Crippen molar-refractivity contribution < 1.29 is 4.74 Å². The van der Waals surface area contributed by atoms with Gasteiger partial charge in [-0.05, 0) is 36.5 Å². The maximum absolute atomic E-state index is 5.38. The molecule has 19 heavy (non-hydrogen) atoms. The smallest absolute Gasteiger partial charge is 0.178 e. The minimum Gasteiger partial charge on any atom is -0.494 e. The van der Waals surface area contributed by atoms with Crippen LogP contribution in [0.3, 0.4) is 0 Å². The number of para-hydroxylation sites is 1. The number of rotatable bonds is 3. The molecule has 0 aliphatic heterocycles. The van der Waals surface area contributed by atoms with E-state index >= 15 is 0 Å². The monoisotopic (exact) mass is 271 g/mol. The van der Waals surface area contributed by atoms with Crippen LogP contribution in [0.5, 0.6) is 5.75 Å². The molecule has 4 nitrogen and oxygen atoms in total. The molecule has 0 amide bonds. The summed E-state index contributed by atoms with van der Waals surface area (Å²) >= 11 is 5.38. The number of nitrogens with zero attached hydrogens (tertiary/aromatic N) is 2. The lowest BCUT2D eigenvalue weighted by molar-refractivity contribution is 0.419. The van der Waals surface area contributed by atoms with Crippen molar-refractivity contribution in [3.05, 3.63) is 53.1 Å².